The summed E-state index contributed by atoms with van der Waals surface area (Å²) in [5.74, 6) is -1.15. The van der Waals surface area contributed by atoms with E-state index in [0.29, 0.717) is 4.47 Å². The zero-order valence-corrected chi connectivity index (χ0v) is 10.8. The Morgan fingerprint density at radius 1 is 1.62 bits per heavy atom. The summed E-state index contributed by atoms with van der Waals surface area (Å²) in [7, 11) is 0. The smallest absolute Gasteiger partial charge is 0.180 e. The summed E-state index contributed by atoms with van der Waals surface area (Å²) in [6, 6.07) is 3.10. The third-order valence-electron chi connectivity index (χ3n) is 1.46. The van der Waals surface area contributed by atoms with E-state index in [0.717, 1.165) is 3.57 Å². The fourth-order valence-corrected chi connectivity index (χ4v) is 1.72. The number of carbonyl (C=O) groups is 1. The third-order valence-corrected chi connectivity index (χ3v) is 4.12. The lowest BCUT2D eigenvalue weighted by molar-refractivity contribution is 0.101. The molecule has 1 aromatic carbocycles. The van der Waals surface area contributed by atoms with Crippen molar-refractivity contribution in [1.82, 2.24) is 0 Å². The highest BCUT2D eigenvalue weighted by Crippen LogP contribution is 2.25. The van der Waals surface area contributed by atoms with Gasteiger partial charge in [-0.1, -0.05) is 0 Å². The van der Waals surface area contributed by atoms with Gasteiger partial charge in [-0.25, -0.2) is 4.39 Å². The van der Waals surface area contributed by atoms with Gasteiger partial charge in [0.25, 0.3) is 0 Å². The van der Waals surface area contributed by atoms with Gasteiger partial charge in [0, 0.05) is 3.57 Å². The van der Waals surface area contributed by atoms with Crippen molar-refractivity contribution in [3.05, 3.63) is 31.6 Å². The van der Waals surface area contributed by atoms with Crippen molar-refractivity contribution in [3.63, 3.8) is 0 Å². The average molecular weight is 377 g/mol. The second-order valence-electron chi connectivity index (χ2n) is 2.28. The largest absolute Gasteiger partial charge is 0.293 e. The van der Waals surface area contributed by atoms with Gasteiger partial charge in [-0.15, -0.1) is 11.6 Å². The van der Waals surface area contributed by atoms with Crippen LogP contribution in [0.2, 0.25) is 0 Å². The number of hydrogen-bond acceptors (Lipinski definition) is 1. The number of rotatable bonds is 2. The Bertz CT molecular complexity index is 356. The average Bonchev–Trinajstić information content (AvgIpc) is 2.13. The van der Waals surface area contributed by atoms with Gasteiger partial charge < -0.3 is 0 Å². The van der Waals surface area contributed by atoms with E-state index in [9.17, 15) is 9.18 Å². The number of hydrogen-bond donors (Lipinski definition) is 0. The summed E-state index contributed by atoms with van der Waals surface area (Å²) in [5, 5.41) is 0. The van der Waals surface area contributed by atoms with Crippen LogP contribution in [0.1, 0.15) is 10.4 Å². The molecule has 0 spiro atoms. The minimum Gasteiger partial charge on any atom is -0.293 e. The van der Waals surface area contributed by atoms with Crippen molar-refractivity contribution < 1.29 is 9.18 Å². The highest BCUT2D eigenvalue weighted by molar-refractivity contribution is 14.1. The Morgan fingerprint density at radius 3 is 2.77 bits per heavy atom. The maximum Gasteiger partial charge on any atom is 0.180 e. The molecule has 1 rings (SSSR count). The molecule has 5 heteroatoms. The fraction of sp³-hybridized carbons (Fsp3) is 0.125. The molecular weight excluding hydrogens is 373 g/mol. The van der Waals surface area contributed by atoms with E-state index in [1.807, 2.05) is 22.6 Å². The van der Waals surface area contributed by atoms with E-state index in [-0.39, 0.29) is 11.4 Å². The first-order valence-corrected chi connectivity index (χ1v) is 5.71. The molecular formula is C8H4BrClFIO. The first-order valence-electron chi connectivity index (χ1n) is 3.30. The van der Waals surface area contributed by atoms with E-state index in [4.69, 9.17) is 11.6 Å². The fourth-order valence-electron chi connectivity index (χ4n) is 0.813. The number of alkyl halides is 1. The van der Waals surface area contributed by atoms with Crippen LogP contribution in [-0.4, -0.2) is 11.7 Å². The van der Waals surface area contributed by atoms with Crippen molar-refractivity contribution >= 4 is 55.9 Å². The number of halogens is 4. The van der Waals surface area contributed by atoms with E-state index in [2.05, 4.69) is 15.9 Å². The lowest BCUT2D eigenvalue weighted by Crippen LogP contribution is -2.04. The SMILES string of the molecule is O=C(CCl)c1ccc(I)c(Br)c1F. The Kier molecular flexibility index (Phi) is 4.12. The molecule has 0 heterocycles. The molecule has 70 valence electrons. The Hall–Kier alpha value is 0.320. The van der Waals surface area contributed by atoms with Gasteiger partial charge in [0.15, 0.2) is 5.78 Å². The third kappa shape index (κ3) is 2.41. The monoisotopic (exact) mass is 376 g/mol. The number of Topliss-reactive ketones (excluding diaryl/α,β-unsaturated/α-hetero) is 1. The zero-order valence-electron chi connectivity index (χ0n) is 6.28. The Morgan fingerprint density at radius 2 is 2.23 bits per heavy atom. The first-order chi connectivity index (χ1) is 6.07. The van der Waals surface area contributed by atoms with E-state index in [1.54, 1.807) is 6.07 Å². The van der Waals surface area contributed by atoms with Crippen LogP contribution in [0.5, 0.6) is 0 Å². The van der Waals surface area contributed by atoms with E-state index in [1.165, 1.54) is 6.07 Å². The second-order valence-corrected chi connectivity index (χ2v) is 4.50. The Balaban J connectivity index is 3.26. The maximum absolute atomic E-state index is 13.4. The van der Waals surface area contributed by atoms with Gasteiger partial charge in [0.1, 0.15) is 5.82 Å². The number of benzene rings is 1. The normalized spacial score (nSPS) is 10.2. The van der Waals surface area contributed by atoms with Crippen molar-refractivity contribution in [2.75, 3.05) is 5.88 Å². The van der Waals surface area contributed by atoms with Crippen LogP contribution in [-0.2, 0) is 0 Å². The predicted octanol–water partition coefficient (Wildman–Crippen LogP) is 3.61. The van der Waals surface area contributed by atoms with Gasteiger partial charge in [-0.3, -0.25) is 4.79 Å². The standard InChI is InChI=1S/C8H4BrClFIO/c9-7-5(12)2-1-4(8(7)11)6(13)3-10/h1-2H,3H2. The molecule has 0 aliphatic heterocycles. The van der Waals surface area contributed by atoms with Crippen LogP contribution < -0.4 is 0 Å². The molecule has 0 N–H and O–H groups in total. The molecule has 0 saturated heterocycles. The highest BCUT2D eigenvalue weighted by Gasteiger charge is 2.14. The molecule has 1 aromatic rings. The maximum atomic E-state index is 13.4. The van der Waals surface area contributed by atoms with E-state index < -0.39 is 11.6 Å². The summed E-state index contributed by atoms with van der Waals surface area (Å²) >= 11 is 10.3. The molecule has 0 bridgehead atoms. The van der Waals surface area contributed by atoms with Crippen LogP contribution in [0, 0.1) is 9.39 Å². The van der Waals surface area contributed by atoms with Crippen LogP contribution in [0.4, 0.5) is 4.39 Å². The number of carbonyl (C=O) groups excluding carboxylic acids is 1. The lowest BCUT2D eigenvalue weighted by Gasteiger charge is -2.03. The van der Waals surface area contributed by atoms with Crippen LogP contribution in [0.15, 0.2) is 16.6 Å². The molecule has 0 aromatic heterocycles. The van der Waals surface area contributed by atoms with Gasteiger partial charge in [0.2, 0.25) is 0 Å². The van der Waals surface area contributed by atoms with Crippen LogP contribution in [0.25, 0.3) is 0 Å². The first kappa shape index (κ1) is 11.4. The minimum atomic E-state index is -0.544. The van der Waals surface area contributed by atoms with Crippen LogP contribution in [0.3, 0.4) is 0 Å². The van der Waals surface area contributed by atoms with Crippen molar-refractivity contribution in [3.8, 4) is 0 Å². The quantitative estimate of drug-likeness (QED) is 0.333. The Labute approximate surface area is 102 Å². The second kappa shape index (κ2) is 4.70. The van der Waals surface area contributed by atoms with Gasteiger partial charge in [0.05, 0.1) is 15.9 Å². The molecule has 13 heavy (non-hydrogen) atoms. The lowest BCUT2D eigenvalue weighted by atomic mass is 10.1. The summed E-state index contributed by atoms with van der Waals surface area (Å²) in [5.41, 5.74) is 0.0299. The molecule has 1 nitrogen and oxygen atoms in total. The number of ketones is 1. The molecule has 0 saturated carbocycles. The van der Waals surface area contributed by atoms with Gasteiger partial charge in [-0.2, -0.15) is 0 Å². The van der Waals surface area contributed by atoms with Crippen molar-refractivity contribution in [2.45, 2.75) is 0 Å². The summed E-state index contributed by atoms with van der Waals surface area (Å²) < 4.78 is 14.4. The molecule has 0 aliphatic carbocycles. The molecule has 0 unspecified atom stereocenters. The van der Waals surface area contributed by atoms with Crippen molar-refractivity contribution in [1.29, 1.82) is 0 Å². The molecule has 0 atom stereocenters. The zero-order chi connectivity index (χ0) is 10.0. The summed E-state index contributed by atoms with van der Waals surface area (Å²) in [6.07, 6.45) is 0. The molecule has 0 amide bonds. The minimum absolute atomic E-state index is 0.0299. The summed E-state index contributed by atoms with van der Waals surface area (Å²) in [6.45, 7) is 0. The van der Waals surface area contributed by atoms with E-state index >= 15 is 0 Å². The predicted molar refractivity (Wildman–Crippen MR) is 61.9 cm³/mol. The van der Waals surface area contributed by atoms with Gasteiger partial charge >= 0.3 is 0 Å². The molecule has 0 fully saturated rings. The highest BCUT2D eigenvalue weighted by atomic mass is 127. The van der Waals surface area contributed by atoms with Crippen molar-refractivity contribution in [2.24, 2.45) is 0 Å². The van der Waals surface area contributed by atoms with Crippen LogP contribution >= 0.6 is 50.1 Å². The van der Waals surface area contributed by atoms with Gasteiger partial charge in [-0.05, 0) is 50.7 Å². The molecule has 0 aliphatic rings. The topological polar surface area (TPSA) is 17.1 Å². The molecule has 0 radical (unpaired) electrons. The summed E-state index contributed by atoms with van der Waals surface area (Å²) in [4.78, 5) is 11.1.